The molecule has 182 valence electrons. The van der Waals surface area contributed by atoms with Crippen molar-refractivity contribution in [3.8, 4) is 0 Å². The molecule has 5 aromatic carbocycles. The summed E-state index contributed by atoms with van der Waals surface area (Å²) in [5, 5.41) is 2.66. The fourth-order valence-electron chi connectivity index (χ4n) is 7.38. The van der Waals surface area contributed by atoms with Crippen LogP contribution in [0.4, 0.5) is 17.1 Å². The zero-order valence-corrected chi connectivity index (χ0v) is 22.3. The third kappa shape index (κ3) is 2.59. The molecule has 1 aromatic heterocycles. The van der Waals surface area contributed by atoms with E-state index in [1.165, 1.54) is 72.0 Å². The molecule has 38 heavy (non-hydrogen) atoms. The van der Waals surface area contributed by atoms with Crippen LogP contribution in [0.3, 0.4) is 0 Å². The Morgan fingerprint density at radius 1 is 0.553 bits per heavy atom. The third-order valence-corrected chi connectivity index (χ3v) is 9.06. The third-order valence-electron chi connectivity index (χ3n) is 9.06. The molecule has 0 bridgehead atoms. The SMILES string of the molecule is Cc1cccc2c3cccc(C)c3n(B3c4ccccc4N4c5ccccc5C(C)(C)c5cccc3c54)c12. The van der Waals surface area contributed by atoms with Crippen molar-refractivity contribution in [1.82, 2.24) is 4.48 Å². The summed E-state index contributed by atoms with van der Waals surface area (Å²) in [6.45, 7) is 9.34. The summed E-state index contributed by atoms with van der Waals surface area (Å²) in [7, 11) is 0. The minimum Gasteiger partial charge on any atom is -0.375 e. The maximum atomic E-state index is 2.65. The summed E-state index contributed by atoms with van der Waals surface area (Å²) < 4.78 is 2.65. The molecule has 3 heteroatoms. The largest absolute Gasteiger partial charge is 0.375 e. The highest BCUT2D eigenvalue weighted by Crippen LogP contribution is 2.52. The highest BCUT2D eigenvalue weighted by Gasteiger charge is 2.45. The number of para-hydroxylation sites is 5. The Hall–Kier alpha value is -4.24. The second kappa shape index (κ2) is 7.42. The molecular formula is C35H29BN2. The highest BCUT2D eigenvalue weighted by atomic mass is 15.2. The summed E-state index contributed by atoms with van der Waals surface area (Å²) in [6.07, 6.45) is 0. The van der Waals surface area contributed by atoms with Gasteiger partial charge in [-0.05, 0) is 59.2 Å². The molecule has 6 aromatic rings. The van der Waals surface area contributed by atoms with Gasteiger partial charge in [0.15, 0.2) is 0 Å². The van der Waals surface area contributed by atoms with E-state index in [0.717, 1.165) is 0 Å². The number of aryl methyl sites for hydroxylation is 2. The number of hydrogen-bond donors (Lipinski definition) is 0. The number of nitrogens with zero attached hydrogens (tertiary/aromatic N) is 2. The van der Waals surface area contributed by atoms with E-state index in [0.29, 0.717) is 0 Å². The Balaban J connectivity index is 1.56. The summed E-state index contributed by atoms with van der Waals surface area (Å²) in [6, 6.07) is 38.5. The van der Waals surface area contributed by atoms with Gasteiger partial charge in [0.1, 0.15) is 0 Å². The van der Waals surface area contributed by atoms with Crippen LogP contribution in [0, 0.1) is 13.8 Å². The fourth-order valence-corrected chi connectivity index (χ4v) is 7.38. The normalized spacial score (nSPS) is 14.9. The molecule has 2 aliphatic heterocycles. The molecule has 0 aliphatic carbocycles. The van der Waals surface area contributed by atoms with Gasteiger partial charge in [0.25, 0.3) is 0 Å². The van der Waals surface area contributed by atoms with Gasteiger partial charge in [0, 0.05) is 38.6 Å². The van der Waals surface area contributed by atoms with Crippen LogP contribution in [-0.4, -0.2) is 11.3 Å². The van der Waals surface area contributed by atoms with Gasteiger partial charge >= 0.3 is 6.85 Å². The van der Waals surface area contributed by atoms with Crippen molar-refractivity contribution >= 4 is 56.6 Å². The first-order valence-corrected chi connectivity index (χ1v) is 13.6. The Kier molecular flexibility index (Phi) is 4.26. The summed E-state index contributed by atoms with van der Waals surface area (Å²) in [4.78, 5) is 2.53. The van der Waals surface area contributed by atoms with Crippen molar-refractivity contribution in [2.75, 3.05) is 4.90 Å². The molecule has 0 amide bonds. The lowest BCUT2D eigenvalue weighted by Gasteiger charge is -2.47. The average Bonchev–Trinajstić information content (AvgIpc) is 3.27. The quantitative estimate of drug-likeness (QED) is 0.218. The zero-order valence-electron chi connectivity index (χ0n) is 22.3. The molecule has 0 atom stereocenters. The number of benzene rings is 5. The van der Waals surface area contributed by atoms with Crippen LogP contribution in [-0.2, 0) is 5.41 Å². The molecule has 3 heterocycles. The molecule has 2 aliphatic rings. The lowest BCUT2D eigenvalue weighted by Crippen LogP contribution is -2.56. The van der Waals surface area contributed by atoms with Crippen molar-refractivity contribution in [3.05, 3.63) is 125 Å². The summed E-state index contributed by atoms with van der Waals surface area (Å²) in [5.41, 5.74) is 14.6. The molecule has 0 unspecified atom stereocenters. The number of rotatable bonds is 1. The van der Waals surface area contributed by atoms with E-state index >= 15 is 0 Å². The van der Waals surface area contributed by atoms with Gasteiger partial charge in [-0.15, -0.1) is 0 Å². The Labute approximate surface area is 224 Å². The molecule has 8 rings (SSSR count). The number of anilines is 3. The van der Waals surface area contributed by atoms with Gasteiger partial charge in [-0.2, -0.15) is 0 Å². The first kappa shape index (κ1) is 21.8. The number of hydrogen-bond acceptors (Lipinski definition) is 1. The van der Waals surface area contributed by atoms with E-state index in [1.807, 2.05) is 0 Å². The van der Waals surface area contributed by atoms with Crippen molar-refractivity contribution < 1.29 is 0 Å². The van der Waals surface area contributed by atoms with Crippen LogP contribution >= 0.6 is 0 Å². The van der Waals surface area contributed by atoms with Crippen molar-refractivity contribution in [3.63, 3.8) is 0 Å². The van der Waals surface area contributed by atoms with Gasteiger partial charge in [-0.3, -0.25) is 0 Å². The second-order valence-corrected chi connectivity index (χ2v) is 11.5. The molecule has 0 radical (unpaired) electrons. The van der Waals surface area contributed by atoms with E-state index in [4.69, 9.17) is 0 Å². The standard InChI is InChI=1S/C35H29BN2/c1-22-12-9-14-24-25-15-10-13-23(2)33(25)38(32(22)24)36-28-18-6-8-21-31(28)37-30-20-7-5-16-26(30)35(3,4)27-17-11-19-29(36)34(27)37/h5-21H,1-4H3. The van der Waals surface area contributed by atoms with Gasteiger partial charge in [-0.1, -0.05) is 105 Å². The van der Waals surface area contributed by atoms with Gasteiger partial charge < -0.3 is 9.38 Å². The average molecular weight is 488 g/mol. The van der Waals surface area contributed by atoms with Gasteiger partial charge in [0.2, 0.25) is 0 Å². The Bertz CT molecular complexity index is 1880. The first-order valence-electron chi connectivity index (χ1n) is 13.6. The second-order valence-electron chi connectivity index (χ2n) is 11.5. The van der Waals surface area contributed by atoms with E-state index in [9.17, 15) is 0 Å². The lowest BCUT2D eigenvalue weighted by molar-refractivity contribution is 0.632. The Morgan fingerprint density at radius 2 is 1.11 bits per heavy atom. The van der Waals surface area contributed by atoms with Crippen LogP contribution < -0.4 is 15.8 Å². The van der Waals surface area contributed by atoms with Gasteiger partial charge in [0.05, 0.1) is 5.69 Å². The molecule has 0 saturated carbocycles. The predicted molar refractivity (Wildman–Crippen MR) is 163 cm³/mol. The van der Waals surface area contributed by atoms with Crippen molar-refractivity contribution in [1.29, 1.82) is 0 Å². The van der Waals surface area contributed by atoms with Gasteiger partial charge in [-0.25, -0.2) is 0 Å². The van der Waals surface area contributed by atoms with Crippen LogP contribution in [0.15, 0.2) is 103 Å². The van der Waals surface area contributed by atoms with Crippen LogP contribution in [0.1, 0.15) is 36.1 Å². The monoisotopic (exact) mass is 488 g/mol. The Morgan fingerprint density at radius 3 is 1.82 bits per heavy atom. The maximum absolute atomic E-state index is 2.65. The van der Waals surface area contributed by atoms with Crippen molar-refractivity contribution in [2.24, 2.45) is 0 Å². The van der Waals surface area contributed by atoms with Crippen molar-refractivity contribution in [2.45, 2.75) is 33.1 Å². The van der Waals surface area contributed by atoms with E-state index in [2.05, 4.69) is 140 Å². The highest BCUT2D eigenvalue weighted by molar-refractivity contribution is 6.88. The maximum Gasteiger partial charge on any atom is 0.332 e. The lowest BCUT2D eigenvalue weighted by atomic mass is 9.46. The van der Waals surface area contributed by atoms with Crippen LogP contribution in [0.5, 0.6) is 0 Å². The minimum atomic E-state index is -0.0953. The molecule has 0 spiro atoms. The predicted octanol–water partition coefficient (Wildman–Crippen LogP) is 7.49. The fraction of sp³-hybridized carbons (Fsp3) is 0.143. The zero-order chi connectivity index (χ0) is 25.8. The van der Waals surface area contributed by atoms with E-state index in [1.54, 1.807) is 0 Å². The number of fused-ring (bicyclic) bond motifs is 7. The molecule has 0 N–H and O–H groups in total. The molecular weight excluding hydrogens is 459 g/mol. The van der Waals surface area contributed by atoms with E-state index < -0.39 is 0 Å². The minimum absolute atomic E-state index is 0.0701. The topological polar surface area (TPSA) is 8.17 Å². The molecule has 0 saturated heterocycles. The summed E-state index contributed by atoms with van der Waals surface area (Å²) >= 11 is 0. The smallest absolute Gasteiger partial charge is 0.332 e. The van der Waals surface area contributed by atoms with Crippen LogP contribution in [0.2, 0.25) is 0 Å². The first-order chi connectivity index (χ1) is 18.5. The molecule has 0 fully saturated rings. The van der Waals surface area contributed by atoms with E-state index in [-0.39, 0.29) is 12.3 Å². The number of aromatic nitrogens is 1. The molecule has 2 nitrogen and oxygen atoms in total. The summed E-state index contributed by atoms with van der Waals surface area (Å²) in [5.74, 6) is 0. The van der Waals surface area contributed by atoms with Crippen LogP contribution in [0.25, 0.3) is 21.8 Å².